The van der Waals surface area contributed by atoms with Gasteiger partial charge in [0.2, 0.25) is 0 Å². The van der Waals surface area contributed by atoms with Gasteiger partial charge < -0.3 is 14.5 Å². The van der Waals surface area contributed by atoms with Gasteiger partial charge >= 0.3 is 6.09 Å². The maximum atomic E-state index is 12.5. The number of aryl methyl sites for hydroxylation is 1. The monoisotopic (exact) mass is 406 g/mol. The van der Waals surface area contributed by atoms with Crippen molar-refractivity contribution in [1.29, 1.82) is 0 Å². The van der Waals surface area contributed by atoms with E-state index in [1.165, 1.54) is 0 Å². The predicted molar refractivity (Wildman–Crippen MR) is 114 cm³/mol. The molecule has 30 heavy (non-hydrogen) atoms. The van der Waals surface area contributed by atoms with Crippen molar-refractivity contribution < 1.29 is 9.53 Å². The van der Waals surface area contributed by atoms with Crippen molar-refractivity contribution in [2.45, 2.75) is 26.5 Å². The largest absolute Gasteiger partial charge is 0.445 e. The number of amides is 1. The van der Waals surface area contributed by atoms with E-state index in [1.807, 2.05) is 49.4 Å². The zero-order valence-electron chi connectivity index (χ0n) is 17.1. The summed E-state index contributed by atoms with van der Waals surface area (Å²) in [5.41, 5.74) is 3.12. The number of anilines is 1. The molecular formula is C22H26N6O2. The molecule has 1 fully saturated rings. The molecule has 156 valence electrons. The van der Waals surface area contributed by atoms with Crippen LogP contribution in [0.3, 0.4) is 0 Å². The van der Waals surface area contributed by atoms with E-state index < -0.39 is 0 Å². The van der Waals surface area contributed by atoms with Gasteiger partial charge in [-0.15, -0.1) is 5.10 Å². The fraction of sp³-hybridized carbons (Fsp3) is 0.364. The van der Waals surface area contributed by atoms with E-state index in [4.69, 9.17) is 4.74 Å². The summed E-state index contributed by atoms with van der Waals surface area (Å²) >= 11 is 0. The van der Waals surface area contributed by atoms with E-state index in [-0.39, 0.29) is 6.09 Å². The second kappa shape index (κ2) is 9.39. The summed E-state index contributed by atoms with van der Waals surface area (Å²) in [5.74, 6) is 0.771. The fourth-order valence-electron chi connectivity index (χ4n) is 3.61. The molecule has 1 aliphatic heterocycles. The minimum absolute atomic E-state index is 0.248. The van der Waals surface area contributed by atoms with E-state index in [2.05, 4.69) is 32.6 Å². The maximum Gasteiger partial charge on any atom is 0.410 e. The molecule has 0 aliphatic carbocycles. The van der Waals surface area contributed by atoms with Gasteiger partial charge in [0.1, 0.15) is 6.61 Å². The van der Waals surface area contributed by atoms with Gasteiger partial charge in [0.05, 0.1) is 0 Å². The van der Waals surface area contributed by atoms with Crippen molar-refractivity contribution in [3.05, 3.63) is 60.2 Å². The quantitative estimate of drug-likeness (QED) is 0.648. The van der Waals surface area contributed by atoms with Gasteiger partial charge in [-0.25, -0.2) is 9.48 Å². The van der Waals surface area contributed by atoms with E-state index in [1.54, 1.807) is 9.58 Å². The van der Waals surface area contributed by atoms with E-state index in [0.717, 1.165) is 48.7 Å². The standard InChI is InChI=1S/C22H26N6O2/c1-2-28-21(23-24-25-28)19-9-11-20(12-10-19)26-13-6-14-27(16-15-26)22(29)30-17-18-7-4-3-5-8-18/h3-5,7-12H,2,6,13-17H2,1H3. The molecule has 0 saturated carbocycles. The molecule has 1 amide bonds. The molecule has 0 atom stereocenters. The molecule has 8 nitrogen and oxygen atoms in total. The lowest BCUT2D eigenvalue weighted by Crippen LogP contribution is -2.35. The second-order valence-corrected chi connectivity index (χ2v) is 7.23. The number of nitrogens with zero attached hydrogens (tertiary/aromatic N) is 6. The lowest BCUT2D eigenvalue weighted by molar-refractivity contribution is 0.0986. The van der Waals surface area contributed by atoms with Crippen LogP contribution >= 0.6 is 0 Å². The first kappa shape index (κ1) is 19.9. The van der Waals surface area contributed by atoms with Crippen molar-refractivity contribution >= 4 is 11.8 Å². The summed E-state index contributed by atoms with van der Waals surface area (Å²) in [6.07, 6.45) is 0.651. The van der Waals surface area contributed by atoms with Crippen LogP contribution in [-0.4, -0.2) is 57.4 Å². The highest BCUT2D eigenvalue weighted by Gasteiger charge is 2.20. The number of rotatable bonds is 5. The van der Waals surface area contributed by atoms with Gasteiger partial charge in [-0.3, -0.25) is 0 Å². The van der Waals surface area contributed by atoms with Gasteiger partial charge in [-0.1, -0.05) is 30.3 Å². The highest BCUT2D eigenvalue weighted by Crippen LogP contribution is 2.22. The molecule has 1 saturated heterocycles. The first-order valence-corrected chi connectivity index (χ1v) is 10.3. The molecular weight excluding hydrogens is 380 g/mol. The van der Waals surface area contributed by atoms with E-state index >= 15 is 0 Å². The number of tetrazole rings is 1. The number of hydrogen-bond acceptors (Lipinski definition) is 6. The van der Waals surface area contributed by atoms with Crippen molar-refractivity contribution in [3.8, 4) is 11.4 Å². The molecule has 1 aliphatic rings. The highest BCUT2D eigenvalue weighted by atomic mass is 16.6. The third-order valence-corrected chi connectivity index (χ3v) is 5.28. The van der Waals surface area contributed by atoms with Crippen LogP contribution in [0.15, 0.2) is 54.6 Å². The Kier molecular flexibility index (Phi) is 6.22. The summed E-state index contributed by atoms with van der Waals surface area (Å²) in [5, 5.41) is 11.9. The Balaban J connectivity index is 1.34. The Hall–Kier alpha value is -3.42. The zero-order chi connectivity index (χ0) is 20.8. The summed E-state index contributed by atoms with van der Waals surface area (Å²) in [6, 6.07) is 18.0. The normalized spacial score (nSPS) is 14.4. The number of carbonyl (C=O) groups excluding carboxylic acids is 1. The van der Waals surface area contributed by atoms with Gasteiger partial charge in [0.25, 0.3) is 0 Å². The highest BCUT2D eigenvalue weighted by molar-refractivity contribution is 5.68. The molecule has 2 aromatic carbocycles. The van der Waals surface area contributed by atoms with Crippen LogP contribution in [-0.2, 0) is 17.9 Å². The number of carbonyl (C=O) groups is 1. The third-order valence-electron chi connectivity index (χ3n) is 5.28. The Morgan fingerprint density at radius 3 is 2.57 bits per heavy atom. The molecule has 2 heterocycles. The summed E-state index contributed by atoms with van der Waals surface area (Å²) in [4.78, 5) is 16.6. The van der Waals surface area contributed by atoms with Crippen LogP contribution in [0, 0.1) is 0 Å². The minimum atomic E-state index is -0.248. The molecule has 1 aromatic heterocycles. The van der Waals surface area contributed by atoms with Crippen LogP contribution in [0.25, 0.3) is 11.4 Å². The molecule has 0 unspecified atom stereocenters. The topological polar surface area (TPSA) is 76.4 Å². The molecule has 8 heteroatoms. The van der Waals surface area contributed by atoms with Crippen LogP contribution in [0.5, 0.6) is 0 Å². The van der Waals surface area contributed by atoms with Gasteiger partial charge in [-0.2, -0.15) is 0 Å². The molecule has 0 N–H and O–H groups in total. The van der Waals surface area contributed by atoms with Crippen LogP contribution in [0.4, 0.5) is 10.5 Å². The predicted octanol–water partition coefficient (Wildman–Crippen LogP) is 3.21. The average molecular weight is 406 g/mol. The SMILES string of the molecule is CCn1nnnc1-c1ccc(N2CCCN(C(=O)OCc3ccccc3)CC2)cc1. The fourth-order valence-corrected chi connectivity index (χ4v) is 3.61. The van der Waals surface area contributed by atoms with Gasteiger partial charge in [0, 0.05) is 44.0 Å². The zero-order valence-corrected chi connectivity index (χ0v) is 17.1. The Morgan fingerprint density at radius 2 is 1.80 bits per heavy atom. The molecule has 4 rings (SSSR count). The number of aromatic nitrogens is 4. The minimum Gasteiger partial charge on any atom is -0.445 e. The average Bonchev–Trinajstić information content (AvgIpc) is 3.14. The number of hydrogen-bond donors (Lipinski definition) is 0. The summed E-state index contributed by atoms with van der Waals surface area (Å²) < 4.78 is 7.27. The lowest BCUT2D eigenvalue weighted by atomic mass is 10.2. The van der Waals surface area contributed by atoms with Crippen molar-refractivity contribution in [3.63, 3.8) is 0 Å². The third kappa shape index (κ3) is 4.59. The van der Waals surface area contributed by atoms with Crippen molar-refractivity contribution in [2.24, 2.45) is 0 Å². The van der Waals surface area contributed by atoms with Crippen molar-refractivity contribution in [1.82, 2.24) is 25.1 Å². The molecule has 0 spiro atoms. The summed E-state index contributed by atoms with van der Waals surface area (Å²) in [6.45, 7) is 6.06. The van der Waals surface area contributed by atoms with E-state index in [0.29, 0.717) is 19.7 Å². The first-order valence-electron chi connectivity index (χ1n) is 10.3. The first-order chi connectivity index (χ1) is 14.7. The smallest absolute Gasteiger partial charge is 0.410 e. The lowest BCUT2D eigenvalue weighted by Gasteiger charge is -2.23. The van der Waals surface area contributed by atoms with Crippen LogP contribution < -0.4 is 4.90 Å². The van der Waals surface area contributed by atoms with Gasteiger partial charge in [0.15, 0.2) is 5.82 Å². The number of ether oxygens (including phenoxy) is 1. The molecule has 3 aromatic rings. The van der Waals surface area contributed by atoms with Gasteiger partial charge in [-0.05, 0) is 53.6 Å². The molecule has 0 radical (unpaired) electrons. The van der Waals surface area contributed by atoms with E-state index in [9.17, 15) is 4.79 Å². The molecule has 0 bridgehead atoms. The Labute approximate surface area is 176 Å². The Bertz CT molecular complexity index is 957. The van der Waals surface area contributed by atoms with Crippen LogP contribution in [0.1, 0.15) is 18.9 Å². The summed E-state index contributed by atoms with van der Waals surface area (Å²) in [7, 11) is 0. The van der Waals surface area contributed by atoms with Crippen LogP contribution in [0.2, 0.25) is 0 Å². The second-order valence-electron chi connectivity index (χ2n) is 7.23. The van der Waals surface area contributed by atoms with Crippen molar-refractivity contribution in [2.75, 3.05) is 31.1 Å². The Morgan fingerprint density at radius 1 is 1.00 bits per heavy atom. The number of benzene rings is 2. The maximum absolute atomic E-state index is 12.5.